The summed E-state index contributed by atoms with van der Waals surface area (Å²) < 4.78 is 5.38. The molecule has 6 heteroatoms. The zero-order valence-corrected chi connectivity index (χ0v) is 10.5. The Hall–Kier alpha value is -1.56. The van der Waals surface area contributed by atoms with E-state index in [9.17, 15) is 5.11 Å². The minimum atomic E-state index is -0.832. The van der Waals surface area contributed by atoms with Gasteiger partial charge in [-0.2, -0.15) is 4.98 Å². The van der Waals surface area contributed by atoms with E-state index in [4.69, 9.17) is 10.5 Å². The van der Waals surface area contributed by atoms with Gasteiger partial charge in [0.2, 0.25) is 5.88 Å². The number of rotatable bonds is 6. The lowest BCUT2D eigenvalue weighted by molar-refractivity contribution is 0.0944. The summed E-state index contributed by atoms with van der Waals surface area (Å²) in [6.45, 7) is 6.32. The van der Waals surface area contributed by atoms with Gasteiger partial charge in [0.1, 0.15) is 12.0 Å². The smallest absolute Gasteiger partial charge is 0.242 e. The van der Waals surface area contributed by atoms with Gasteiger partial charge >= 0.3 is 0 Å². The summed E-state index contributed by atoms with van der Waals surface area (Å²) in [6.07, 6.45) is 2.27. The normalized spacial score (nSPS) is 11.3. The van der Waals surface area contributed by atoms with Gasteiger partial charge in [-0.15, -0.1) is 0 Å². The van der Waals surface area contributed by atoms with Gasteiger partial charge in [0.05, 0.1) is 12.2 Å². The summed E-state index contributed by atoms with van der Waals surface area (Å²) in [5.41, 5.74) is 5.39. The molecule has 0 amide bonds. The number of hydrogen-bond acceptors (Lipinski definition) is 6. The van der Waals surface area contributed by atoms with E-state index in [1.54, 1.807) is 13.8 Å². The average Bonchev–Trinajstić information content (AvgIpc) is 2.25. The van der Waals surface area contributed by atoms with Crippen LogP contribution in [0.15, 0.2) is 6.33 Å². The van der Waals surface area contributed by atoms with Crippen LogP contribution in [-0.2, 0) is 0 Å². The van der Waals surface area contributed by atoms with Crippen LogP contribution in [0.4, 0.5) is 11.5 Å². The van der Waals surface area contributed by atoms with Crippen molar-refractivity contribution < 1.29 is 9.84 Å². The Morgan fingerprint density at radius 1 is 1.47 bits per heavy atom. The molecule has 4 N–H and O–H groups in total. The molecule has 0 unspecified atom stereocenters. The monoisotopic (exact) mass is 240 g/mol. The van der Waals surface area contributed by atoms with Crippen molar-refractivity contribution >= 4 is 11.5 Å². The zero-order valence-electron chi connectivity index (χ0n) is 10.5. The molecule has 0 fully saturated rings. The molecule has 1 aromatic heterocycles. The summed E-state index contributed by atoms with van der Waals surface area (Å²) in [5.74, 6) is 0.855. The second kappa shape index (κ2) is 5.67. The van der Waals surface area contributed by atoms with E-state index in [1.165, 1.54) is 6.33 Å². The van der Waals surface area contributed by atoms with E-state index in [2.05, 4.69) is 15.3 Å². The minimum Gasteiger partial charge on any atom is -0.476 e. The molecule has 0 aliphatic heterocycles. The van der Waals surface area contributed by atoms with Crippen LogP contribution < -0.4 is 15.8 Å². The van der Waals surface area contributed by atoms with Crippen molar-refractivity contribution in [3.8, 4) is 5.88 Å². The van der Waals surface area contributed by atoms with Crippen LogP contribution in [0.2, 0.25) is 0 Å². The summed E-state index contributed by atoms with van der Waals surface area (Å²) >= 11 is 0. The third-order valence-corrected chi connectivity index (χ3v) is 1.98. The van der Waals surface area contributed by atoms with Crippen LogP contribution in [0, 0.1) is 0 Å². The first kappa shape index (κ1) is 13.5. The number of aromatic nitrogens is 2. The van der Waals surface area contributed by atoms with Crippen LogP contribution in [0.3, 0.4) is 0 Å². The van der Waals surface area contributed by atoms with E-state index in [-0.39, 0.29) is 0 Å². The van der Waals surface area contributed by atoms with Gasteiger partial charge in [-0.3, -0.25) is 0 Å². The Bertz CT molecular complexity index is 363. The third kappa shape index (κ3) is 4.44. The van der Waals surface area contributed by atoms with Gasteiger partial charge in [0.15, 0.2) is 5.82 Å². The highest BCUT2D eigenvalue weighted by Gasteiger charge is 2.15. The Labute approximate surface area is 101 Å². The SMILES string of the molecule is CCCOc1ncnc(NCC(C)(C)O)c1N. The molecule has 0 bridgehead atoms. The number of anilines is 2. The molecule has 0 atom stereocenters. The summed E-state index contributed by atoms with van der Waals surface area (Å²) in [6, 6.07) is 0. The highest BCUT2D eigenvalue weighted by molar-refractivity contribution is 5.66. The van der Waals surface area contributed by atoms with Crippen molar-refractivity contribution in [3.63, 3.8) is 0 Å². The molecule has 17 heavy (non-hydrogen) atoms. The third-order valence-electron chi connectivity index (χ3n) is 1.98. The largest absolute Gasteiger partial charge is 0.476 e. The highest BCUT2D eigenvalue weighted by Crippen LogP contribution is 2.24. The average molecular weight is 240 g/mol. The van der Waals surface area contributed by atoms with Crippen molar-refractivity contribution in [3.05, 3.63) is 6.33 Å². The summed E-state index contributed by atoms with van der Waals surface area (Å²) in [4.78, 5) is 7.97. The van der Waals surface area contributed by atoms with Crippen molar-refractivity contribution in [1.82, 2.24) is 9.97 Å². The fourth-order valence-corrected chi connectivity index (χ4v) is 1.13. The maximum Gasteiger partial charge on any atom is 0.242 e. The zero-order chi connectivity index (χ0) is 12.9. The summed E-state index contributed by atoms with van der Waals surface area (Å²) in [7, 11) is 0. The van der Waals surface area contributed by atoms with E-state index in [0.717, 1.165) is 6.42 Å². The molecule has 1 aromatic rings. The molecule has 96 valence electrons. The Morgan fingerprint density at radius 3 is 2.76 bits per heavy atom. The molecule has 0 aliphatic carbocycles. The molecule has 1 rings (SSSR count). The predicted octanol–water partition coefficient (Wildman–Crippen LogP) is 1.03. The van der Waals surface area contributed by atoms with E-state index in [1.807, 2.05) is 6.92 Å². The Morgan fingerprint density at radius 2 is 2.18 bits per heavy atom. The van der Waals surface area contributed by atoms with Crippen LogP contribution in [0.5, 0.6) is 5.88 Å². The molecule has 0 spiro atoms. The van der Waals surface area contributed by atoms with Gasteiger partial charge in [-0.25, -0.2) is 4.98 Å². The number of ether oxygens (including phenoxy) is 1. The molecular formula is C11H20N4O2. The molecule has 0 aromatic carbocycles. The first-order chi connectivity index (χ1) is 7.94. The fraction of sp³-hybridized carbons (Fsp3) is 0.636. The molecule has 0 radical (unpaired) electrons. The van der Waals surface area contributed by atoms with Crippen molar-refractivity contribution in [2.45, 2.75) is 32.8 Å². The van der Waals surface area contributed by atoms with Crippen LogP contribution in [0.25, 0.3) is 0 Å². The standard InChI is InChI=1S/C11H20N4O2/c1-4-5-17-10-8(12)9(14-7-15-10)13-6-11(2,3)16/h7,16H,4-6,12H2,1-3H3,(H,13,14,15). The van der Waals surface area contributed by atoms with Crippen molar-refractivity contribution in [2.24, 2.45) is 0 Å². The first-order valence-corrected chi connectivity index (χ1v) is 5.63. The van der Waals surface area contributed by atoms with Crippen molar-refractivity contribution in [1.29, 1.82) is 0 Å². The first-order valence-electron chi connectivity index (χ1n) is 5.63. The van der Waals surface area contributed by atoms with Gasteiger partial charge in [-0.1, -0.05) is 6.92 Å². The van der Waals surface area contributed by atoms with Crippen LogP contribution in [-0.4, -0.2) is 33.8 Å². The van der Waals surface area contributed by atoms with Gasteiger partial charge in [0, 0.05) is 6.54 Å². The maximum absolute atomic E-state index is 9.60. The minimum absolute atomic E-state index is 0.349. The predicted molar refractivity (Wildman–Crippen MR) is 67.0 cm³/mol. The second-order valence-electron chi connectivity index (χ2n) is 4.46. The molecule has 1 heterocycles. The van der Waals surface area contributed by atoms with E-state index in [0.29, 0.717) is 30.5 Å². The van der Waals surface area contributed by atoms with E-state index < -0.39 is 5.60 Å². The van der Waals surface area contributed by atoms with Gasteiger partial charge < -0.3 is 20.9 Å². The Balaban J connectivity index is 2.72. The number of aliphatic hydroxyl groups is 1. The topological polar surface area (TPSA) is 93.3 Å². The van der Waals surface area contributed by atoms with Gasteiger partial charge in [-0.05, 0) is 20.3 Å². The Kier molecular flexibility index (Phi) is 4.51. The molecule has 0 saturated heterocycles. The molecular weight excluding hydrogens is 220 g/mol. The maximum atomic E-state index is 9.60. The number of nitrogens with two attached hydrogens (primary N) is 1. The number of nitrogens with one attached hydrogen (secondary N) is 1. The quantitative estimate of drug-likeness (QED) is 0.687. The lowest BCUT2D eigenvalue weighted by atomic mass is 10.1. The summed E-state index contributed by atoms with van der Waals surface area (Å²) in [5, 5.41) is 12.6. The lowest BCUT2D eigenvalue weighted by Gasteiger charge is -2.19. The van der Waals surface area contributed by atoms with Crippen LogP contribution in [0.1, 0.15) is 27.2 Å². The van der Waals surface area contributed by atoms with Crippen LogP contribution >= 0.6 is 0 Å². The lowest BCUT2D eigenvalue weighted by Crippen LogP contribution is -2.30. The fourth-order valence-electron chi connectivity index (χ4n) is 1.13. The van der Waals surface area contributed by atoms with Crippen molar-refractivity contribution in [2.75, 3.05) is 24.2 Å². The molecule has 0 aliphatic rings. The van der Waals surface area contributed by atoms with E-state index >= 15 is 0 Å². The second-order valence-corrected chi connectivity index (χ2v) is 4.46. The number of nitrogens with zero attached hydrogens (tertiary/aromatic N) is 2. The molecule has 0 saturated carbocycles. The highest BCUT2D eigenvalue weighted by atomic mass is 16.5. The molecule has 6 nitrogen and oxygen atoms in total. The number of nitrogen functional groups attached to an aromatic ring is 1. The van der Waals surface area contributed by atoms with Gasteiger partial charge in [0.25, 0.3) is 0 Å². The number of hydrogen-bond donors (Lipinski definition) is 3.